The SMILES string of the molecule is CCC(C(=O)NC(C)C)N(Cc1cccc(OC)c1)C(=O)CN(c1cc(C(F)(F)F)ccc1Cl)S(C)(=O)=O. The summed E-state index contributed by atoms with van der Waals surface area (Å²) in [4.78, 5) is 27.9. The van der Waals surface area contributed by atoms with Gasteiger partial charge in [0.15, 0.2) is 0 Å². The maximum Gasteiger partial charge on any atom is 0.416 e. The molecule has 1 unspecified atom stereocenters. The van der Waals surface area contributed by atoms with Crippen molar-refractivity contribution in [1.82, 2.24) is 10.2 Å². The van der Waals surface area contributed by atoms with E-state index in [9.17, 15) is 31.2 Å². The molecular formula is C25H31ClF3N3O5S. The Morgan fingerprint density at radius 2 is 1.79 bits per heavy atom. The van der Waals surface area contributed by atoms with Crippen LogP contribution in [0.1, 0.15) is 38.3 Å². The molecule has 0 aliphatic carbocycles. The third-order valence-electron chi connectivity index (χ3n) is 5.53. The average molecular weight is 578 g/mol. The number of amides is 2. The number of benzene rings is 2. The number of nitrogens with one attached hydrogen (secondary N) is 1. The van der Waals surface area contributed by atoms with E-state index in [0.717, 1.165) is 12.3 Å². The highest BCUT2D eigenvalue weighted by molar-refractivity contribution is 7.92. The Balaban J connectivity index is 2.56. The lowest BCUT2D eigenvalue weighted by atomic mass is 10.1. The lowest BCUT2D eigenvalue weighted by molar-refractivity contribution is -0.140. The largest absolute Gasteiger partial charge is 0.497 e. The zero-order valence-electron chi connectivity index (χ0n) is 21.7. The molecule has 38 heavy (non-hydrogen) atoms. The maximum absolute atomic E-state index is 13.7. The Bertz CT molecular complexity index is 1260. The van der Waals surface area contributed by atoms with Crippen LogP contribution in [0.4, 0.5) is 18.9 Å². The van der Waals surface area contributed by atoms with Crippen LogP contribution in [0.15, 0.2) is 42.5 Å². The third kappa shape index (κ3) is 8.26. The van der Waals surface area contributed by atoms with E-state index in [2.05, 4.69) is 5.32 Å². The van der Waals surface area contributed by atoms with Gasteiger partial charge in [0.05, 0.1) is 29.6 Å². The molecule has 0 aromatic heterocycles. The molecule has 210 valence electrons. The van der Waals surface area contributed by atoms with Gasteiger partial charge in [-0.15, -0.1) is 0 Å². The van der Waals surface area contributed by atoms with E-state index in [1.54, 1.807) is 45.0 Å². The van der Waals surface area contributed by atoms with Crippen LogP contribution in [0, 0.1) is 0 Å². The molecule has 0 heterocycles. The molecule has 8 nitrogen and oxygen atoms in total. The van der Waals surface area contributed by atoms with Gasteiger partial charge in [0, 0.05) is 12.6 Å². The molecule has 2 rings (SSSR count). The Labute approximate surface area is 225 Å². The second-order valence-electron chi connectivity index (χ2n) is 8.89. The fourth-order valence-corrected chi connectivity index (χ4v) is 4.87. The van der Waals surface area contributed by atoms with Crippen LogP contribution in [0.5, 0.6) is 5.75 Å². The summed E-state index contributed by atoms with van der Waals surface area (Å²) in [6.45, 7) is 4.22. The number of anilines is 1. The monoisotopic (exact) mass is 577 g/mol. The molecule has 0 saturated heterocycles. The van der Waals surface area contributed by atoms with Gasteiger partial charge in [0.1, 0.15) is 18.3 Å². The van der Waals surface area contributed by atoms with Crippen molar-refractivity contribution in [3.05, 3.63) is 58.6 Å². The molecule has 2 aromatic rings. The van der Waals surface area contributed by atoms with Gasteiger partial charge in [-0.1, -0.05) is 30.7 Å². The van der Waals surface area contributed by atoms with E-state index in [-0.39, 0.29) is 24.0 Å². The van der Waals surface area contributed by atoms with Crippen molar-refractivity contribution in [2.45, 2.75) is 52.0 Å². The fourth-order valence-electron chi connectivity index (χ4n) is 3.74. The predicted molar refractivity (Wildman–Crippen MR) is 140 cm³/mol. The highest BCUT2D eigenvalue weighted by Gasteiger charge is 2.35. The van der Waals surface area contributed by atoms with Gasteiger partial charge in [-0.2, -0.15) is 13.2 Å². The van der Waals surface area contributed by atoms with Crippen LogP contribution in [-0.4, -0.2) is 57.1 Å². The number of rotatable bonds is 11. The van der Waals surface area contributed by atoms with Crippen molar-refractivity contribution in [1.29, 1.82) is 0 Å². The first kappa shape index (κ1) is 31.2. The minimum atomic E-state index is -4.77. The number of alkyl halides is 3. The zero-order chi connectivity index (χ0) is 28.8. The maximum atomic E-state index is 13.7. The van der Waals surface area contributed by atoms with Crippen molar-refractivity contribution < 1.29 is 35.9 Å². The Kier molecular flexibility index (Phi) is 10.4. The van der Waals surface area contributed by atoms with Crippen LogP contribution < -0.4 is 14.4 Å². The van der Waals surface area contributed by atoms with E-state index >= 15 is 0 Å². The molecule has 1 N–H and O–H groups in total. The van der Waals surface area contributed by atoms with Crippen LogP contribution in [-0.2, 0) is 32.3 Å². The van der Waals surface area contributed by atoms with E-state index in [1.165, 1.54) is 12.0 Å². The molecule has 13 heteroatoms. The topological polar surface area (TPSA) is 96.0 Å². The van der Waals surface area contributed by atoms with Crippen LogP contribution in [0.2, 0.25) is 5.02 Å². The van der Waals surface area contributed by atoms with Gasteiger partial charge >= 0.3 is 6.18 Å². The summed E-state index contributed by atoms with van der Waals surface area (Å²) in [5, 5.41) is 2.46. The number of nitrogens with zero attached hydrogens (tertiary/aromatic N) is 2. The van der Waals surface area contributed by atoms with Crippen molar-refractivity contribution in [2.75, 3.05) is 24.2 Å². The lowest BCUT2D eigenvalue weighted by Gasteiger charge is -2.33. The van der Waals surface area contributed by atoms with E-state index in [1.807, 2.05) is 0 Å². The molecule has 2 amide bonds. The van der Waals surface area contributed by atoms with Crippen molar-refractivity contribution >= 4 is 39.1 Å². The highest BCUT2D eigenvalue weighted by Crippen LogP contribution is 2.36. The van der Waals surface area contributed by atoms with Crippen LogP contribution in [0.25, 0.3) is 0 Å². The molecule has 0 spiro atoms. The first-order valence-corrected chi connectivity index (χ1v) is 13.9. The summed E-state index contributed by atoms with van der Waals surface area (Å²) in [7, 11) is -2.80. The Hall–Kier alpha value is -2.99. The van der Waals surface area contributed by atoms with Crippen LogP contribution in [0.3, 0.4) is 0 Å². The minimum Gasteiger partial charge on any atom is -0.497 e. The Morgan fingerprint density at radius 1 is 1.13 bits per heavy atom. The molecule has 0 aliphatic heterocycles. The van der Waals surface area contributed by atoms with Gasteiger partial charge in [0.25, 0.3) is 0 Å². The number of carbonyl (C=O) groups is 2. The van der Waals surface area contributed by atoms with Crippen LogP contribution >= 0.6 is 11.6 Å². The normalized spacial score (nSPS) is 12.7. The van der Waals surface area contributed by atoms with E-state index in [4.69, 9.17) is 16.3 Å². The smallest absolute Gasteiger partial charge is 0.416 e. The molecule has 0 aliphatic rings. The molecule has 2 aromatic carbocycles. The summed E-state index contributed by atoms with van der Waals surface area (Å²) in [5.74, 6) is -0.762. The van der Waals surface area contributed by atoms with Gasteiger partial charge < -0.3 is 15.0 Å². The Morgan fingerprint density at radius 3 is 2.32 bits per heavy atom. The zero-order valence-corrected chi connectivity index (χ0v) is 23.2. The molecule has 0 radical (unpaired) electrons. The molecule has 0 bridgehead atoms. The van der Waals surface area contributed by atoms with Crippen molar-refractivity contribution in [2.24, 2.45) is 0 Å². The van der Waals surface area contributed by atoms with Gasteiger partial charge in [0.2, 0.25) is 21.8 Å². The lowest BCUT2D eigenvalue weighted by Crippen LogP contribution is -2.53. The number of hydrogen-bond donors (Lipinski definition) is 1. The van der Waals surface area contributed by atoms with Crippen molar-refractivity contribution in [3.8, 4) is 5.75 Å². The van der Waals surface area contributed by atoms with Gasteiger partial charge in [-0.3, -0.25) is 13.9 Å². The average Bonchev–Trinajstić information content (AvgIpc) is 2.81. The number of ether oxygens (including phenoxy) is 1. The number of halogens is 4. The molecule has 0 saturated carbocycles. The summed E-state index contributed by atoms with van der Waals surface area (Å²) >= 11 is 6.09. The summed E-state index contributed by atoms with van der Waals surface area (Å²) in [6, 6.07) is 7.73. The number of carbonyl (C=O) groups excluding carboxylic acids is 2. The first-order valence-electron chi connectivity index (χ1n) is 11.7. The first-order chi connectivity index (χ1) is 17.6. The van der Waals surface area contributed by atoms with Gasteiger partial charge in [-0.25, -0.2) is 8.42 Å². The third-order valence-corrected chi connectivity index (χ3v) is 6.97. The fraction of sp³-hybridized carbons (Fsp3) is 0.440. The molecule has 1 atom stereocenters. The van der Waals surface area contributed by atoms with Gasteiger partial charge in [-0.05, 0) is 56.2 Å². The highest BCUT2D eigenvalue weighted by atomic mass is 35.5. The van der Waals surface area contributed by atoms with E-state index < -0.39 is 51.9 Å². The summed E-state index contributed by atoms with van der Waals surface area (Å²) in [5.41, 5.74) is -1.04. The number of hydrogen-bond acceptors (Lipinski definition) is 5. The minimum absolute atomic E-state index is 0.0893. The molecule has 0 fully saturated rings. The quantitative estimate of drug-likeness (QED) is 0.425. The summed E-state index contributed by atoms with van der Waals surface area (Å²) in [6.07, 6.45) is -3.82. The van der Waals surface area contributed by atoms with E-state index in [0.29, 0.717) is 27.8 Å². The number of sulfonamides is 1. The second kappa shape index (κ2) is 12.7. The van der Waals surface area contributed by atoms with Crippen molar-refractivity contribution in [3.63, 3.8) is 0 Å². The second-order valence-corrected chi connectivity index (χ2v) is 11.2. The standard InChI is InChI=1S/C25H31ClF3N3O5S/c1-6-21(24(34)30-16(2)3)31(14-17-8-7-9-19(12-17)37-4)23(33)15-32(38(5,35)36)22-13-18(25(27,28)29)10-11-20(22)26/h7-13,16,21H,6,14-15H2,1-5H3,(H,30,34). The molecular weight excluding hydrogens is 547 g/mol. The predicted octanol–water partition coefficient (Wildman–Crippen LogP) is 4.47. The number of methoxy groups -OCH3 is 1. The summed E-state index contributed by atoms with van der Waals surface area (Å²) < 4.78 is 71.2.